The molecule has 0 spiro atoms. The van der Waals surface area contributed by atoms with Crippen molar-refractivity contribution >= 4 is 6.29 Å². The zero-order valence-electron chi connectivity index (χ0n) is 5.76. The van der Waals surface area contributed by atoms with E-state index in [-0.39, 0.29) is 0 Å². The molecule has 0 aliphatic heterocycles. The monoisotopic (exact) mass is 124 g/mol. The van der Waals surface area contributed by atoms with Gasteiger partial charge in [-0.3, -0.25) is 4.79 Å². The Kier molecular flexibility index (Phi) is 4.79. The molecule has 0 heterocycles. The van der Waals surface area contributed by atoms with Crippen LogP contribution in [0.5, 0.6) is 0 Å². The van der Waals surface area contributed by atoms with Crippen molar-refractivity contribution in [2.45, 2.75) is 19.8 Å². The van der Waals surface area contributed by atoms with E-state index in [1.807, 2.05) is 13.0 Å². The van der Waals surface area contributed by atoms with Crippen LogP contribution in [0.1, 0.15) is 19.8 Å². The average Bonchev–Trinajstić information content (AvgIpc) is 1.91. The summed E-state index contributed by atoms with van der Waals surface area (Å²) in [4.78, 5) is 10.1. The molecular formula is C8H12O. The Hall–Kier alpha value is -0.850. The standard InChI is InChI=1S/C8H12O/c1-3-5-6-8(4-2)7-9/h3,6-7H,1,4-5H2,2H3/b8-6+. The molecule has 0 bridgehead atoms. The maximum atomic E-state index is 10.1. The molecule has 0 aliphatic rings. The van der Waals surface area contributed by atoms with Crippen molar-refractivity contribution in [3.8, 4) is 0 Å². The third kappa shape index (κ3) is 3.71. The number of carbonyl (C=O) groups is 1. The van der Waals surface area contributed by atoms with E-state index in [0.717, 1.165) is 24.7 Å². The topological polar surface area (TPSA) is 17.1 Å². The minimum Gasteiger partial charge on any atom is -0.298 e. The van der Waals surface area contributed by atoms with Crippen LogP contribution in [-0.4, -0.2) is 6.29 Å². The van der Waals surface area contributed by atoms with E-state index in [4.69, 9.17) is 0 Å². The van der Waals surface area contributed by atoms with E-state index in [2.05, 4.69) is 6.58 Å². The van der Waals surface area contributed by atoms with Gasteiger partial charge in [-0.15, -0.1) is 6.58 Å². The Bertz CT molecular complexity index is 123. The van der Waals surface area contributed by atoms with E-state index in [1.54, 1.807) is 6.08 Å². The van der Waals surface area contributed by atoms with E-state index in [0.29, 0.717) is 0 Å². The number of hydrogen-bond donors (Lipinski definition) is 0. The molecule has 0 N–H and O–H groups in total. The molecule has 1 heteroatoms. The first-order valence-electron chi connectivity index (χ1n) is 3.10. The van der Waals surface area contributed by atoms with E-state index < -0.39 is 0 Å². The second-order valence-electron chi connectivity index (χ2n) is 1.77. The van der Waals surface area contributed by atoms with Crippen molar-refractivity contribution in [3.05, 3.63) is 24.3 Å². The predicted octanol–water partition coefficient (Wildman–Crippen LogP) is 2.10. The highest BCUT2D eigenvalue weighted by atomic mass is 16.1. The summed E-state index contributed by atoms with van der Waals surface area (Å²) in [6.45, 7) is 5.50. The highest BCUT2D eigenvalue weighted by Crippen LogP contribution is 1.97. The minimum atomic E-state index is 0.794. The fraction of sp³-hybridized carbons (Fsp3) is 0.375. The van der Waals surface area contributed by atoms with Crippen molar-refractivity contribution in [2.75, 3.05) is 0 Å². The lowest BCUT2D eigenvalue weighted by atomic mass is 10.2. The first-order valence-corrected chi connectivity index (χ1v) is 3.10. The van der Waals surface area contributed by atoms with Crippen LogP contribution >= 0.6 is 0 Å². The van der Waals surface area contributed by atoms with E-state index >= 15 is 0 Å². The Morgan fingerprint density at radius 1 is 1.67 bits per heavy atom. The summed E-state index contributed by atoms with van der Waals surface area (Å²) < 4.78 is 0. The second-order valence-corrected chi connectivity index (χ2v) is 1.77. The first kappa shape index (κ1) is 8.15. The highest BCUT2D eigenvalue weighted by Gasteiger charge is 1.85. The highest BCUT2D eigenvalue weighted by molar-refractivity contribution is 5.72. The first-order chi connectivity index (χ1) is 4.35. The molecule has 1 nitrogen and oxygen atoms in total. The van der Waals surface area contributed by atoms with Crippen molar-refractivity contribution in [1.29, 1.82) is 0 Å². The number of carbonyl (C=O) groups excluding carboxylic acids is 1. The Morgan fingerprint density at radius 2 is 2.33 bits per heavy atom. The fourth-order valence-electron chi connectivity index (χ4n) is 0.510. The smallest absolute Gasteiger partial charge is 0.145 e. The van der Waals surface area contributed by atoms with Crippen molar-refractivity contribution in [1.82, 2.24) is 0 Å². The van der Waals surface area contributed by atoms with Crippen LogP contribution in [0.2, 0.25) is 0 Å². The Morgan fingerprint density at radius 3 is 2.67 bits per heavy atom. The summed E-state index contributed by atoms with van der Waals surface area (Å²) in [6, 6.07) is 0. The molecule has 0 aliphatic carbocycles. The maximum absolute atomic E-state index is 10.1. The average molecular weight is 124 g/mol. The van der Waals surface area contributed by atoms with E-state index in [1.165, 1.54) is 0 Å². The molecule has 0 saturated heterocycles. The number of hydrogen-bond acceptors (Lipinski definition) is 1. The van der Waals surface area contributed by atoms with Gasteiger partial charge in [0.2, 0.25) is 0 Å². The van der Waals surface area contributed by atoms with Gasteiger partial charge in [-0.1, -0.05) is 19.1 Å². The predicted molar refractivity (Wildman–Crippen MR) is 39.3 cm³/mol. The second kappa shape index (κ2) is 5.29. The lowest BCUT2D eigenvalue weighted by Crippen LogP contribution is -1.79. The lowest BCUT2D eigenvalue weighted by molar-refractivity contribution is -0.105. The SMILES string of the molecule is C=CC/C=C(/C=O)CC. The summed E-state index contributed by atoms with van der Waals surface area (Å²) >= 11 is 0. The fourth-order valence-corrected chi connectivity index (χ4v) is 0.510. The third-order valence-electron chi connectivity index (χ3n) is 1.11. The minimum absolute atomic E-state index is 0.794. The normalized spacial score (nSPS) is 11.0. The molecule has 0 fully saturated rings. The van der Waals surface area contributed by atoms with Gasteiger partial charge in [0, 0.05) is 0 Å². The zero-order valence-corrected chi connectivity index (χ0v) is 5.76. The van der Waals surface area contributed by atoms with Gasteiger partial charge >= 0.3 is 0 Å². The molecule has 0 unspecified atom stereocenters. The molecule has 9 heavy (non-hydrogen) atoms. The van der Waals surface area contributed by atoms with Gasteiger partial charge in [0.25, 0.3) is 0 Å². The molecule has 0 aromatic carbocycles. The van der Waals surface area contributed by atoms with Gasteiger partial charge in [-0.2, -0.15) is 0 Å². The number of aldehydes is 1. The molecule has 50 valence electrons. The molecule has 0 aromatic heterocycles. The summed E-state index contributed by atoms with van der Waals surface area (Å²) in [5.74, 6) is 0. The quantitative estimate of drug-likeness (QED) is 0.318. The molecule has 0 rings (SSSR count). The largest absolute Gasteiger partial charge is 0.298 e. The van der Waals surface area contributed by atoms with Crippen LogP contribution in [0.3, 0.4) is 0 Å². The Balaban J connectivity index is 3.74. The van der Waals surface area contributed by atoms with Crippen LogP contribution in [0.25, 0.3) is 0 Å². The molecule has 0 radical (unpaired) electrons. The van der Waals surface area contributed by atoms with Crippen LogP contribution < -0.4 is 0 Å². The van der Waals surface area contributed by atoms with Crippen LogP contribution in [0.15, 0.2) is 24.3 Å². The molecule has 0 aromatic rings. The molecular weight excluding hydrogens is 112 g/mol. The van der Waals surface area contributed by atoms with Gasteiger partial charge in [0.05, 0.1) is 0 Å². The molecule has 0 saturated carbocycles. The summed E-state index contributed by atoms with van der Waals surface area (Å²) in [6.07, 6.45) is 6.17. The zero-order chi connectivity index (χ0) is 7.11. The van der Waals surface area contributed by atoms with Gasteiger partial charge in [0.1, 0.15) is 6.29 Å². The van der Waals surface area contributed by atoms with Gasteiger partial charge in [0.15, 0.2) is 0 Å². The lowest BCUT2D eigenvalue weighted by Gasteiger charge is -1.88. The van der Waals surface area contributed by atoms with E-state index in [9.17, 15) is 4.79 Å². The van der Waals surface area contributed by atoms with Gasteiger partial charge < -0.3 is 0 Å². The summed E-state index contributed by atoms with van der Waals surface area (Å²) in [7, 11) is 0. The van der Waals surface area contributed by atoms with Crippen molar-refractivity contribution < 1.29 is 4.79 Å². The molecule has 0 amide bonds. The molecule has 0 atom stereocenters. The summed E-state index contributed by atoms with van der Waals surface area (Å²) in [5.41, 5.74) is 0.856. The number of rotatable bonds is 4. The van der Waals surface area contributed by atoms with Gasteiger partial charge in [-0.25, -0.2) is 0 Å². The van der Waals surface area contributed by atoms with Gasteiger partial charge in [-0.05, 0) is 18.4 Å². The Labute approximate surface area is 56.1 Å². The van der Waals surface area contributed by atoms with Crippen LogP contribution in [-0.2, 0) is 4.79 Å². The number of allylic oxidation sites excluding steroid dienone is 3. The van der Waals surface area contributed by atoms with Crippen molar-refractivity contribution in [3.63, 3.8) is 0 Å². The van der Waals surface area contributed by atoms with Crippen LogP contribution in [0, 0.1) is 0 Å². The third-order valence-corrected chi connectivity index (χ3v) is 1.11. The van der Waals surface area contributed by atoms with Crippen molar-refractivity contribution in [2.24, 2.45) is 0 Å². The maximum Gasteiger partial charge on any atom is 0.145 e. The summed E-state index contributed by atoms with van der Waals surface area (Å²) in [5, 5.41) is 0. The van der Waals surface area contributed by atoms with Crippen LogP contribution in [0.4, 0.5) is 0 Å².